The standard InChI is InChI=1S/C27H29F2N7O/c1-4-37-27-31-16(2)24-26(33-27)36(25(32-24)19-8-20(28)11-30-10-19)13-18-6-5-17(7-23(18)29)12-35-15-21-9-22(35)14-34(21)3/h5-8,10-11,21-22H,4,9,12-15H2,1-3H3. The second kappa shape index (κ2) is 9.42. The van der Waals surface area contributed by atoms with E-state index in [1.807, 2.05) is 26.0 Å². The van der Waals surface area contributed by atoms with Crippen molar-refractivity contribution >= 4 is 11.2 Å². The number of ether oxygens (including phenoxy) is 1. The normalized spacial score (nSPS) is 19.8. The quantitative estimate of drug-likeness (QED) is 0.378. The molecule has 0 N–H and O–H groups in total. The fraction of sp³-hybridized carbons (Fsp3) is 0.407. The fourth-order valence-corrected chi connectivity index (χ4v) is 5.57. The van der Waals surface area contributed by atoms with E-state index in [1.54, 1.807) is 10.6 Å². The molecule has 2 atom stereocenters. The van der Waals surface area contributed by atoms with Crippen molar-refractivity contribution in [2.75, 3.05) is 26.7 Å². The van der Waals surface area contributed by atoms with E-state index in [0.717, 1.165) is 31.4 Å². The molecule has 2 unspecified atom stereocenters. The zero-order valence-electron chi connectivity index (χ0n) is 21.2. The van der Waals surface area contributed by atoms with Crippen molar-refractivity contribution in [2.24, 2.45) is 0 Å². The summed E-state index contributed by atoms with van der Waals surface area (Å²) in [6.07, 6.45) is 3.86. The highest BCUT2D eigenvalue weighted by atomic mass is 19.1. The Bertz CT molecular complexity index is 1470. The molecule has 2 fully saturated rings. The third kappa shape index (κ3) is 4.44. The molecule has 6 rings (SSSR count). The first-order chi connectivity index (χ1) is 17.9. The van der Waals surface area contributed by atoms with Crippen molar-refractivity contribution in [3.05, 3.63) is 65.1 Å². The van der Waals surface area contributed by atoms with Crippen molar-refractivity contribution in [3.63, 3.8) is 0 Å². The molecule has 2 aliphatic heterocycles. The van der Waals surface area contributed by atoms with Crippen molar-refractivity contribution in [3.8, 4) is 17.4 Å². The predicted molar refractivity (Wildman–Crippen MR) is 135 cm³/mol. The van der Waals surface area contributed by atoms with Gasteiger partial charge in [0, 0.05) is 49.0 Å². The molecular formula is C27H29F2N7O. The number of aromatic nitrogens is 5. The topological polar surface area (TPSA) is 72.2 Å². The van der Waals surface area contributed by atoms with Gasteiger partial charge >= 0.3 is 6.01 Å². The first kappa shape index (κ1) is 23.9. The summed E-state index contributed by atoms with van der Waals surface area (Å²) >= 11 is 0. The molecule has 0 amide bonds. The number of imidazole rings is 1. The summed E-state index contributed by atoms with van der Waals surface area (Å²) < 4.78 is 36.8. The van der Waals surface area contributed by atoms with Crippen LogP contribution in [0, 0.1) is 18.6 Å². The average molecular weight is 506 g/mol. The number of aryl methyl sites for hydroxylation is 1. The van der Waals surface area contributed by atoms with Crippen LogP contribution in [-0.4, -0.2) is 73.1 Å². The summed E-state index contributed by atoms with van der Waals surface area (Å²) in [4.78, 5) is 22.5. The number of rotatable bonds is 7. The molecule has 4 aromatic rings. The number of pyridine rings is 1. The van der Waals surface area contributed by atoms with E-state index in [4.69, 9.17) is 9.72 Å². The molecule has 3 aromatic heterocycles. The molecule has 2 saturated heterocycles. The largest absolute Gasteiger partial charge is 0.464 e. The van der Waals surface area contributed by atoms with Gasteiger partial charge in [-0.05, 0) is 45.0 Å². The lowest BCUT2D eigenvalue weighted by atomic mass is 10.1. The van der Waals surface area contributed by atoms with E-state index >= 15 is 4.39 Å². The molecule has 2 bridgehead atoms. The highest BCUT2D eigenvalue weighted by Gasteiger charge is 2.41. The van der Waals surface area contributed by atoms with Gasteiger partial charge in [0.15, 0.2) is 5.65 Å². The maximum atomic E-state index is 15.5. The fourth-order valence-electron chi connectivity index (χ4n) is 5.57. The van der Waals surface area contributed by atoms with Crippen LogP contribution in [0.3, 0.4) is 0 Å². The Hall–Kier alpha value is -3.50. The van der Waals surface area contributed by atoms with E-state index < -0.39 is 5.82 Å². The molecule has 8 nitrogen and oxygen atoms in total. The number of halogens is 2. The molecular weight excluding hydrogens is 476 g/mol. The van der Waals surface area contributed by atoms with Crippen LogP contribution in [0.4, 0.5) is 8.78 Å². The van der Waals surface area contributed by atoms with Gasteiger partial charge in [0.05, 0.1) is 25.0 Å². The van der Waals surface area contributed by atoms with Gasteiger partial charge in [0.2, 0.25) is 0 Å². The van der Waals surface area contributed by atoms with Gasteiger partial charge in [-0.25, -0.2) is 13.8 Å². The second-order valence-corrected chi connectivity index (χ2v) is 9.95. The third-order valence-corrected chi connectivity index (χ3v) is 7.44. The summed E-state index contributed by atoms with van der Waals surface area (Å²) in [5.74, 6) is -0.333. The lowest BCUT2D eigenvalue weighted by Crippen LogP contribution is -2.43. The van der Waals surface area contributed by atoms with Gasteiger partial charge in [0.1, 0.15) is 23.0 Å². The molecule has 0 aliphatic carbocycles. The highest BCUT2D eigenvalue weighted by molar-refractivity contribution is 5.79. The molecule has 37 heavy (non-hydrogen) atoms. The summed E-state index contributed by atoms with van der Waals surface area (Å²) in [5, 5.41) is 0. The van der Waals surface area contributed by atoms with E-state index in [2.05, 4.69) is 31.8 Å². The Balaban J connectivity index is 1.35. The highest BCUT2D eigenvalue weighted by Crippen LogP contribution is 2.31. The SMILES string of the molecule is CCOc1nc(C)c2nc(-c3cncc(F)c3)n(Cc3ccc(CN4CC5CC4CN5C)cc3F)c2n1. The van der Waals surface area contributed by atoms with Crippen LogP contribution in [0.25, 0.3) is 22.6 Å². The van der Waals surface area contributed by atoms with Crippen LogP contribution in [0.5, 0.6) is 6.01 Å². The van der Waals surface area contributed by atoms with Crippen LogP contribution in [0.1, 0.15) is 30.2 Å². The minimum atomic E-state index is -0.480. The molecule has 0 spiro atoms. The smallest absolute Gasteiger partial charge is 0.318 e. The summed E-state index contributed by atoms with van der Waals surface area (Å²) in [7, 11) is 2.17. The van der Waals surface area contributed by atoms with Gasteiger partial charge in [-0.15, -0.1) is 0 Å². The number of nitrogens with zero attached hydrogens (tertiary/aromatic N) is 7. The Kier molecular flexibility index (Phi) is 6.08. The maximum Gasteiger partial charge on any atom is 0.318 e. The number of fused-ring (bicyclic) bond motifs is 3. The summed E-state index contributed by atoms with van der Waals surface area (Å²) in [5.41, 5.74) is 3.59. The van der Waals surface area contributed by atoms with Gasteiger partial charge in [-0.1, -0.05) is 12.1 Å². The molecule has 1 aromatic carbocycles. The number of hydrogen-bond acceptors (Lipinski definition) is 7. The van der Waals surface area contributed by atoms with Crippen LogP contribution >= 0.6 is 0 Å². The van der Waals surface area contributed by atoms with E-state index in [0.29, 0.717) is 52.5 Å². The monoisotopic (exact) mass is 505 g/mol. The van der Waals surface area contributed by atoms with Crippen LogP contribution < -0.4 is 4.74 Å². The van der Waals surface area contributed by atoms with Gasteiger partial charge in [-0.2, -0.15) is 9.97 Å². The lowest BCUT2D eigenvalue weighted by molar-refractivity contribution is 0.143. The van der Waals surface area contributed by atoms with E-state index in [9.17, 15) is 4.39 Å². The molecule has 192 valence electrons. The molecule has 5 heterocycles. The molecule has 0 saturated carbocycles. The van der Waals surface area contributed by atoms with Gasteiger partial charge in [-0.3, -0.25) is 9.88 Å². The first-order valence-corrected chi connectivity index (χ1v) is 12.6. The van der Waals surface area contributed by atoms with Gasteiger partial charge in [0.25, 0.3) is 0 Å². The van der Waals surface area contributed by atoms with Crippen molar-refractivity contribution in [1.82, 2.24) is 34.3 Å². The van der Waals surface area contributed by atoms with Crippen LogP contribution in [0.2, 0.25) is 0 Å². The minimum Gasteiger partial charge on any atom is -0.464 e. The number of likely N-dealkylation sites (N-methyl/N-ethyl adjacent to an activating group) is 1. The third-order valence-electron chi connectivity index (χ3n) is 7.44. The number of likely N-dealkylation sites (tertiary alicyclic amines) is 2. The second-order valence-electron chi connectivity index (χ2n) is 9.95. The zero-order valence-corrected chi connectivity index (χ0v) is 21.2. The van der Waals surface area contributed by atoms with Crippen molar-refractivity contribution in [1.29, 1.82) is 0 Å². The van der Waals surface area contributed by atoms with Gasteiger partial charge < -0.3 is 14.2 Å². The van der Waals surface area contributed by atoms with Crippen LogP contribution in [0.15, 0.2) is 36.7 Å². The predicted octanol–water partition coefficient (Wildman–Crippen LogP) is 3.81. The van der Waals surface area contributed by atoms with E-state index in [1.165, 1.54) is 18.7 Å². The average Bonchev–Trinajstić information content (AvgIpc) is 3.54. The zero-order chi connectivity index (χ0) is 25.7. The van der Waals surface area contributed by atoms with Crippen molar-refractivity contribution < 1.29 is 13.5 Å². The van der Waals surface area contributed by atoms with Crippen molar-refractivity contribution in [2.45, 2.75) is 45.4 Å². The Morgan fingerprint density at radius 2 is 1.89 bits per heavy atom. The molecule has 10 heteroatoms. The lowest BCUT2D eigenvalue weighted by Gasteiger charge is -2.31. The Labute approximate surface area is 213 Å². The summed E-state index contributed by atoms with van der Waals surface area (Å²) in [6, 6.07) is 8.16. The Morgan fingerprint density at radius 3 is 2.59 bits per heavy atom. The molecule has 0 radical (unpaired) electrons. The van der Waals surface area contributed by atoms with Crippen LogP contribution in [-0.2, 0) is 13.1 Å². The number of benzene rings is 1. The van der Waals surface area contributed by atoms with E-state index in [-0.39, 0.29) is 18.4 Å². The Morgan fingerprint density at radius 1 is 1.03 bits per heavy atom. The summed E-state index contributed by atoms with van der Waals surface area (Å²) in [6.45, 7) is 7.08. The number of piperazine rings is 1. The first-order valence-electron chi connectivity index (χ1n) is 12.6. The minimum absolute atomic E-state index is 0.162. The maximum absolute atomic E-state index is 15.5. The number of hydrogen-bond donors (Lipinski definition) is 0. The molecule has 2 aliphatic rings.